The van der Waals surface area contributed by atoms with Gasteiger partial charge in [0, 0.05) is 41.0 Å². The first-order valence-electron chi connectivity index (χ1n) is 13.8. The number of aromatic nitrogens is 2. The molecule has 2 atom stereocenters. The van der Waals surface area contributed by atoms with Crippen molar-refractivity contribution in [2.75, 3.05) is 7.05 Å². The predicted octanol–water partition coefficient (Wildman–Crippen LogP) is 5.40. The zero-order valence-electron chi connectivity index (χ0n) is 23.8. The summed E-state index contributed by atoms with van der Waals surface area (Å²) in [6.07, 6.45) is 5.57. The number of fused-ring (bicyclic) bond motifs is 2. The zero-order chi connectivity index (χ0) is 27.6. The number of carbonyl (C=O) groups excluding carboxylic acids is 2. The van der Waals surface area contributed by atoms with Crippen LogP contribution in [0.15, 0.2) is 60.9 Å². The van der Waals surface area contributed by atoms with Crippen LogP contribution in [0.1, 0.15) is 52.7 Å². The van der Waals surface area contributed by atoms with E-state index in [2.05, 4.69) is 82.6 Å². The monoisotopic (exact) mass is 514 g/mol. The van der Waals surface area contributed by atoms with Gasteiger partial charge in [0.2, 0.25) is 0 Å². The fourth-order valence-electron chi connectivity index (χ4n) is 5.38. The summed E-state index contributed by atoms with van der Waals surface area (Å²) in [5.41, 5.74) is 4.42. The number of nitrogens with one attached hydrogen (secondary N) is 2. The molecular weight excluding hydrogens is 472 g/mol. The van der Waals surface area contributed by atoms with Gasteiger partial charge in [-0.2, -0.15) is 0 Å². The Morgan fingerprint density at radius 1 is 0.684 bits per heavy atom. The molecule has 4 rings (SSSR count). The van der Waals surface area contributed by atoms with Gasteiger partial charge in [0.1, 0.15) is 0 Å². The number of nitrogens with zero attached hydrogens (tertiary/aromatic N) is 2. The quantitative estimate of drug-likeness (QED) is 0.266. The molecule has 202 valence electrons. The smallest absolute Gasteiger partial charge is 0.152 e. The van der Waals surface area contributed by atoms with Crippen molar-refractivity contribution in [1.82, 2.24) is 20.0 Å². The number of hydrogen-bond acceptors (Lipinski definition) is 4. The van der Waals surface area contributed by atoms with Crippen molar-refractivity contribution in [2.45, 2.75) is 72.5 Å². The molecule has 0 saturated carbocycles. The fraction of sp³-hybridized carbons (Fsp3) is 0.438. The van der Waals surface area contributed by atoms with Crippen LogP contribution in [-0.4, -0.2) is 46.1 Å². The van der Waals surface area contributed by atoms with Crippen molar-refractivity contribution in [3.8, 4) is 0 Å². The first-order chi connectivity index (χ1) is 18.1. The Balaban J connectivity index is 1.82. The molecule has 6 heteroatoms. The van der Waals surface area contributed by atoms with Crippen LogP contribution < -0.4 is 10.6 Å². The Morgan fingerprint density at radius 3 is 1.53 bits per heavy atom. The zero-order valence-corrected chi connectivity index (χ0v) is 23.8. The van der Waals surface area contributed by atoms with Crippen molar-refractivity contribution >= 4 is 33.4 Å². The van der Waals surface area contributed by atoms with Crippen LogP contribution in [0.2, 0.25) is 0 Å². The lowest BCUT2D eigenvalue weighted by molar-refractivity contribution is -0.124. The molecule has 2 N–H and O–H groups in total. The van der Waals surface area contributed by atoms with Crippen molar-refractivity contribution in [3.63, 3.8) is 0 Å². The van der Waals surface area contributed by atoms with E-state index in [1.54, 1.807) is 0 Å². The van der Waals surface area contributed by atoms with Gasteiger partial charge in [-0.15, -0.1) is 0 Å². The molecule has 0 aliphatic heterocycles. The number of rotatable bonds is 12. The van der Waals surface area contributed by atoms with Crippen molar-refractivity contribution < 1.29 is 9.59 Å². The molecular formula is C32H42N4O2. The SMILES string of the molecule is CN[C@@H](Cc1cn(-n2cc(C[C@H](NC(C)C)C(=O)C(C)C)c3ccccc32)c2ccccc12)C(=O)C(C)C. The van der Waals surface area contributed by atoms with Crippen LogP contribution in [0.3, 0.4) is 0 Å². The predicted molar refractivity (Wildman–Crippen MR) is 157 cm³/mol. The highest BCUT2D eigenvalue weighted by atomic mass is 16.1. The molecule has 0 amide bonds. The van der Waals surface area contributed by atoms with Gasteiger partial charge in [-0.05, 0) is 43.1 Å². The number of para-hydroxylation sites is 2. The topological polar surface area (TPSA) is 68.1 Å². The minimum Gasteiger partial charge on any atom is -0.310 e. The van der Waals surface area contributed by atoms with Gasteiger partial charge in [0.25, 0.3) is 0 Å². The minimum atomic E-state index is -0.246. The third-order valence-corrected chi connectivity index (χ3v) is 7.34. The van der Waals surface area contributed by atoms with Gasteiger partial charge in [-0.3, -0.25) is 18.9 Å². The van der Waals surface area contributed by atoms with Gasteiger partial charge in [-0.25, -0.2) is 0 Å². The normalized spacial score (nSPS) is 13.7. The number of likely N-dealkylation sites (N-methyl/N-ethyl adjacent to an activating group) is 1. The summed E-state index contributed by atoms with van der Waals surface area (Å²) in [7, 11) is 1.86. The second kappa shape index (κ2) is 11.7. The molecule has 0 fully saturated rings. The first-order valence-corrected chi connectivity index (χ1v) is 13.8. The molecule has 0 radical (unpaired) electrons. The van der Waals surface area contributed by atoms with Crippen LogP contribution in [0, 0.1) is 11.8 Å². The second-order valence-electron chi connectivity index (χ2n) is 11.3. The van der Waals surface area contributed by atoms with E-state index in [9.17, 15) is 9.59 Å². The number of hydrogen-bond donors (Lipinski definition) is 2. The summed E-state index contributed by atoms with van der Waals surface area (Å²) in [4.78, 5) is 25.9. The van der Waals surface area contributed by atoms with E-state index in [1.807, 2.05) is 46.9 Å². The molecule has 0 aliphatic carbocycles. The Bertz CT molecular complexity index is 1430. The van der Waals surface area contributed by atoms with Gasteiger partial charge < -0.3 is 10.6 Å². The highest BCUT2D eigenvalue weighted by molar-refractivity contribution is 5.90. The van der Waals surface area contributed by atoms with Gasteiger partial charge in [0.05, 0.1) is 23.1 Å². The second-order valence-corrected chi connectivity index (χ2v) is 11.3. The van der Waals surface area contributed by atoms with Gasteiger partial charge in [-0.1, -0.05) is 77.9 Å². The molecule has 2 aromatic carbocycles. The van der Waals surface area contributed by atoms with Crippen molar-refractivity contribution in [3.05, 3.63) is 72.1 Å². The highest BCUT2D eigenvalue weighted by Crippen LogP contribution is 2.28. The standard InChI is InChI=1S/C32H42N4O2/c1-20(2)31(37)27(33-7)16-23-18-35(29-14-10-8-12-25(23)29)36-19-24(26-13-9-11-15-30(26)36)17-28(34-22(5)6)32(38)21(3)4/h8-15,18-22,27-28,33-34H,16-17H2,1-7H3/t27-,28-/m0/s1. The fourth-order valence-corrected chi connectivity index (χ4v) is 5.38. The molecule has 4 aromatic rings. The Kier molecular flexibility index (Phi) is 8.54. The summed E-state index contributed by atoms with van der Waals surface area (Å²) in [6, 6.07) is 16.4. The van der Waals surface area contributed by atoms with E-state index in [-0.39, 0.29) is 41.5 Å². The van der Waals surface area contributed by atoms with Crippen LogP contribution in [0.5, 0.6) is 0 Å². The largest absolute Gasteiger partial charge is 0.310 e. The van der Waals surface area contributed by atoms with Crippen LogP contribution >= 0.6 is 0 Å². The lowest BCUT2D eigenvalue weighted by atomic mass is 9.95. The van der Waals surface area contributed by atoms with Gasteiger partial charge >= 0.3 is 0 Å². The molecule has 2 aromatic heterocycles. The van der Waals surface area contributed by atoms with E-state index in [0.717, 1.165) is 32.9 Å². The minimum absolute atomic E-state index is 0.0299. The molecule has 0 unspecified atom stereocenters. The van der Waals surface area contributed by atoms with E-state index < -0.39 is 0 Å². The summed E-state index contributed by atoms with van der Waals surface area (Å²) >= 11 is 0. The molecule has 6 nitrogen and oxygen atoms in total. The molecule has 0 saturated heterocycles. The lowest BCUT2D eigenvalue weighted by Crippen LogP contribution is -2.44. The first kappa shape index (κ1) is 27.8. The lowest BCUT2D eigenvalue weighted by Gasteiger charge is -2.21. The van der Waals surface area contributed by atoms with E-state index in [4.69, 9.17) is 0 Å². The molecule has 0 aliphatic rings. The third-order valence-electron chi connectivity index (χ3n) is 7.34. The average Bonchev–Trinajstić information content (AvgIpc) is 3.44. The molecule has 38 heavy (non-hydrogen) atoms. The number of carbonyl (C=O) groups is 2. The Morgan fingerprint density at radius 2 is 1.11 bits per heavy atom. The average molecular weight is 515 g/mol. The number of ketones is 2. The molecule has 0 spiro atoms. The van der Waals surface area contributed by atoms with E-state index >= 15 is 0 Å². The maximum atomic E-state index is 13.1. The van der Waals surface area contributed by atoms with Crippen molar-refractivity contribution in [1.29, 1.82) is 0 Å². The summed E-state index contributed by atoms with van der Waals surface area (Å²) < 4.78 is 4.36. The summed E-state index contributed by atoms with van der Waals surface area (Å²) in [5.74, 6) is 0.385. The van der Waals surface area contributed by atoms with Crippen molar-refractivity contribution in [2.24, 2.45) is 11.8 Å². The Labute approximate surface area is 226 Å². The summed E-state index contributed by atoms with van der Waals surface area (Å²) in [6.45, 7) is 12.0. The van der Waals surface area contributed by atoms with Crippen LogP contribution in [0.25, 0.3) is 21.8 Å². The number of benzene rings is 2. The van der Waals surface area contributed by atoms with Crippen LogP contribution in [0.4, 0.5) is 0 Å². The Hall–Kier alpha value is -3.22. The number of Topliss-reactive ketones (excluding diaryl/α,β-unsaturated/α-hetero) is 2. The maximum Gasteiger partial charge on any atom is 0.152 e. The van der Waals surface area contributed by atoms with E-state index in [1.165, 1.54) is 0 Å². The van der Waals surface area contributed by atoms with E-state index in [0.29, 0.717) is 12.8 Å². The highest BCUT2D eigenvalue weighted by Gasteiger charge is 2.25. The molecule has 2 heterocycles. The third kappa shape index (κ3) is 5.62. The van der Waals surface area contributed by atoms with Crippen LogP contribution in [-0.2, 0) is 22.4 Å². The molecule has 0 bridgehead atoms. The summed E-state index contributed by atoms with van der Waals surface area (Å²) in [5, 5.41) is 9.01. The maximum absolute atomic E-state index is 13.1. The van der Waals surface area contributed by atoms with Gasteiger partial charge in [0.15, 0.2) is 11.6 Å².